The van der Waals surface area contributed by atoms with Gasteiger partial charge in [-0.25, -0.2) is 4.98 Å². The molecule has 1 aromatic carbocycles. The first kappa shape index (κ1) is 17.8. The lowest BCUT2D eigenvalue weighted by atomic mass is 9.42. The normalized spacial score (nSPS) is 35.5. The van der Waals surface area contributed by atoms with Gasteiger partial charge in [-0.2, -0.15) is 5.26 Å². The summed E-state index contributed by atoms with van der Waals surface area (Å²) in [6, 6.07) is 12.6. The van der Waals surface area contributed by atoms with Gasteiger partial charge in [0.2, 0.25) is 5.91 Å². The van der Waals surface area contributed by atoms with Crippen molar-refractivity contribution < 1.29 is 9.90 Å². The molecule has 4 aliphatic rings. The smallest absolute Gasteiger partial charge is 0.227 e. The largest absolute Gasteiger partial charge is 0.393 e. The molecule has 2 aromatic rings. The van der Waals surface area contributed by atoms with Gasteiger partial charge in [0, 0.05) is 11.8 Å². The number of nitriles is 1. The van der Waals surface area contributed by atoms with E-state index in [-0.39, 0.29) is 17.4 Å². The lowest BCUT2D eigenvalue weighted by molar-refractivity contribution is -0.145. The number of aromatic nitrogens is 1. The number of carbonyl (C=O) groups is 1. The van der Waals surface area contributed by atoms with Crippen molar-refractivity contribution in [3.8, 4) is 6.07 Å². The summed E-state index contributed by atoms with van der Waals surface area (Å²) >= 11 is 1.21. The first-order chi connectivity index (χ1) is 13.6. The van der Waals surface area contributed by atoms with E-state index in [1.807, 2.05) is 6.07 Å². The number of carbonyl (C=O) groups excluding carboxylic acids is 1. The van der Waals surface area contributed by atoms with Crippen LogP contribution in [0.2, 0.25) is 0 Å². The summed E-state index contributed by atoms with van der Waals surface area (Å²) in [4.78, 5) is 17.7. The first-order valence-electron chi connectivity index (χ1n) is 9.99. The molecule has 4 aliphatic carbocycles. The molecule has 2 N–H and O–H groups in total. The van der Waals surface area contributed by atoms with E-state index in [0.29, 0.717) is 40.1 Å². The Kier molecular flexibility index (Phi) is 4.26. The topological polar surface area (TPSA) is 86.0 Å². The molecule has 4 saturated carbocycles. The van der Waals surface area contributed by atoms with Crippen LogP contribution in [0.5, 0.6) is 0 Å². The van der Waals surface area contributed by atoms with Crippen LogP contribution in [0.15, 0.2) is 36.5 Å². The molecule has 4 bridgehead atoms. The van der Waals surface area contributed by atoms with Crippen molar-refractivity contribution in [2.45, 2.75) is 43.6 Å². The zero-order chi connectivity index (χ0) is 19.3. The standard InChI is InChI=1S/C22H23N3O2S/c23-11-18-12-24-21(28-18)25-19(26)10-22(15-4-2-1-3-5-15)16-6-13-7-17(22)9-14(8-16)20(13)27/h1-5,12-14,16-17,20,27H,6-10H2,(H,24,25,26). The third-order valence-corrected chi connectivity index (χ3v) is 8.22. The molecule has 0 unspecified atom stereocenters. The fourth-order valence-electron chi connectivity index (χ4n) is 6.39. The van der Waals surface area contributed by atoms with E-state index < -0.39 is 0 Å². The van der Waals surface area contributed by atoms with Gasteiger partial charge in [-0.3, -0.25) is 4.79 Å². The summed E-state index contributed by atoms with van der Waals surface area (Å²) in [5.41, 5.74) is 1.08. The Morgan fingerprint density at radius 2 is 1.86 bits per heavy atom. The molecular weight excluding hydrogens is 370 g/mol. The molecule has 0 saturated heterocycles. The molecule has 0 atom stereocenters. The predicted octanol–water partition coefficient (Wildman–Crippen LogP) is 3.71. The summed E-state index contributed by atoms with van der Waals surface area (Å²) < 4.78 is 0. The highest BCUT2D eigenvalue weighted by Gasteiger charge is 2.60. The van der Waals surface area contributed by atoms with Crippen LogP contribution >= 0.6 is 11.3 Å². The third kappa shape index (κ3) is 2.68. The quantitative estimate of drug-likeness (QED) is 0.829. The SMILES string of the molecule is N#Cc1cnc(NC(=O)CC2(c3ccccc3)C3CC4CC2CC(C3)C4O)s1. The van der Waals surface area contributed by atoms with Crippen molar-refractivity contribution in [3.05, 3.63) is 47.0 Å². The van der Waals surface area contributed by atoms with Gasteiger partial charge >= 0.3 is 0 Å². The van der Waals surface area contributed by atoms with Crippen LogP contribution in [-0.2, 0) is 10.2 Å². The van der Waals surface area contributed by atoms with Crippen molar-refractivity contribution >= 4 is 22.4 Å². The zero-order valence-electron chi connectivity index (χ0n) is 15.5. The Labute approximate surface area is 168 Å². The molecule has 144 valence electrons. The molecule has 0 aliphatic heterocycles. The molecular formula is C22H23N3O2S. The number of rotatable bonds is 4. The Balaban J connectivity index is 1.47. The molecule has 0 radical (unpaired) electrons. The number of amides is 1. The average molecular weight is 394 g/mol. The van der Waals surface area contributed by atoms with Gasteiger partial charge in [-0.1, -0.05) is 41.7 Å². The van der Waals surface area contributed by atoms with Crippen LogP contribution in [0.25, 0.3) is 0 Å². The van der Waals surface area contributed by atoms with E-state index >= 15 is 0 Å². The second-order valence-corrected chi connectivity index (χ2v) is 9.65. The van der Waals surface area contributed by atoms with Gasteiger partial charge in [-0.15, -0.1) is 0 Å². The van der Waals surface area contributed by atoms with Crippen LogP contribution in [0.1, 0.15) is 42.5 Å². The third-order valence-electron chi connectivity index (χ3n) is 7.40. The minimum atomic E-state index is -0.173. The lowest BCUT2D eigenvalue weighted by Gasteiger charge is -2.63. The summed E-state index contributed by atoms with van der Waals surface area (Å²) in [6.07, 6.45) is 5.80. The van der Waals surface area contributed by atoms with Crippen molar-refractivity contribution in [3.63, 3.8) is 0 Å². The van der Waals surface area contributed by atoms with Crippen molar-refractivity contribution in [2.75, 3.05) is 5.32 Å². The molecule has 0 spiro atoms. The van der Waals surface area contributed by atoms with E-state index in [1.54, 1.807) is 0 Å². The second kappa shape index (κ2) is 6.68. The van der Waals surface area contributed by atoms with Crippen LogP contribution < -0.4 is 5.32 Å². The lowest BCUT2D eigenvalue weighted by Crippen LogP contribution is -2.60. The number of hydrogen-bond acceptors (Lipinski definition) is 5. The highest BCUT2D eigenvalue weighted by atomic mass is 32.1. The maximum absolute atomic E-state index is 13.1. The van der Waals surface area contributed by atoms with Gasteiger partial charge in [0.05, 0.1) is 12.3 Å². The van der Waals surface area contributed by atoms with E-state index in [9.17, 15) is 9.90 Å². The minimum Gasteiger partial charge on any atom is -0.393 e. The van der Waals surface area contributed by atoms with Gasteiger partial charge in [0.15, 0.2) is 5.13 Å². The number of anilines is 1. The predicted molar refractivity (Wildman–Crippen MR) is 107 cm³/mol. The van der Waals surface area contributed by atoms with E-state index in [1.165, 1.54) is 23.1 Å². The first-order valence-corrected chi connectivity index (χ1v) is 10.8. The maximum atomic E-state index is 13.1. The van der Waals surface area contributed by atoms with Crippen molar-refractivity contribution in [1.82, 2.24) is 4.98 Å². The maximum Gasteiger partial charge on any atom is 0.227 e. The van der Waals surface area contributed by atoms with Crippen molar-refractivity contribution in [2.24, 2.45) is 23.7 Å². The number of benzene rings is 1. The second-order valence-electron chi connectivity index (χ2n) is 8.62. The van der Waals surface area contributed by atoms with Gasteiger partial charge in [-0.05, 0) is 54.9 Å². The Hall–Kier alpha value is -2.23. The van der Waals surface area contributed by atoms with Crippen LogP contribution in [-0.4, -0.2) is 22.1 Å². The monoisotopic (exact) mass is 393 g/mol. The summed E-state index contributed by atoms with van der Waals surface area (Å²) in [5, 5.41) is 23.0. The minimum absolute atomic E-state index is 0.0317. The summed E-state index contributed by atoms with van der Waals surface area (Å²) in [5.74, 6) is 1.60. The Morgan fingerprint density at radius 1 is 1.21 bits per heavy atom. The van der Waals surface area contributed by atoms with E-state index in [4.69, 9.17) is 5.26 Å². The Bertz CT molecular complexity index is 903. The van der Waals surface area contributed by atoms with Gasteiger partial charge < -0.3 is 10.4 Å². The van der Waals surface area contributed by atoms with Crippen LogP contribution in [0, 0.1) is 35.0 Å². The zero-order valence-corrected chi connectivity index (χ0v) is 16.4. The number of nitrogens with one attached hydrogen (secondary N) is 1. The number of thiazole rings is 1. The number of aliphatic hydroxyl groups is 1. The van der Waals surface area contributed by atoms with Crippen molar-refractivity contribution in [1.29, 1.82) is 5.26 Å². The average Bonchev–Trinajstić information content (AvgIpc) is 3.14. The van der Waals surface area contributed by atoms with Gasteiger partial charge in [0.1, 0.15) is 10.9 Å². The Morgan fingerprint density at radius 3 is 2.43 bits per heavy atom. The molecule has 6 heteroatoms. The number of nitrogens with zero attached hydrogens (tertiary/aromatic N) is 2. The molecule has 1 amide bonds. The number of hydrogen-bond donors (Lipinski definition) is 2. The number of aliphatic hydroxyl groups excluding tert-OH is 1. The highest BCUT2D eigenvalue weighted by molar-refractivity contribution is 7.16. The summed E-state index contributed by atoms with van der Waals surface area (Å²) in [6.45, 7) is 0. The highest BCUT2D eigenvalue weighted by Crippen LogP contribution is 2.64. The molecule has 5 nitrogen and oxygen atoms in total. The van der Waals surface area contributed by atoms with E-state index in [2.05, 4.69) is 40.6 Å². The van der Waals surface area contributed by atoms with Crippen LogP contribution in [0.4, 0.5) is 5.13 Å². The molecule has 6 rings (SSSR count). The molecule has 28 heavy (non-hydrogen) atoms. The molecule has 4 fully saturated rings. The van der Waals surface area contributed by atoms with Crippen LogP contribution in [0.3, 0.4) is 0 Å². The fraction of sp³-hybridized carbons (Fsp3) is 0.500. The molecule has 1 aromatic heterocycles. The van der Waals surface area contributed by atoms with Gasteiger partial charge in [0.25, 0.3) is 0 Å². The fourth-order valence-corrected chi connectivity index (χ4v) is 7.02. The molecule has 1 heterocycles. The van der Waals surface area contributed by atoms with E-state index in [0.717, 1.165) is 25.7 Å². The summed E-state index contributed by atoms with van der Waals surface area (Å²) in [7, 11) is 0.